The van der Waals surface area contributed by atoms with Crippen molar-refractivity contribution in [2.75, 3.05) is 0 Å². The molecule has 0 saturated carbocycles. The second-order valence-corrected chi connectivity index (χ2v) is 7.13. The van der Waals surface area contributed by atoms with Crippen LogP contribution in [0.4, 0.5) is 10.5 Å². The number of aliphatic carboxylic acids is 1. The van der Waals surface area contributed by atoms with Gasteiger partial charge in [0.1, 0.15) is 17.4 Å². The number of nitro benzene ring substituents is 1. The van der Waals surface area contributed by atoms with Gasteiger partial charge in [-0.3, -0.25) is 10.1 Å². The first-order valence-corrected chi connectivity index (χ1v) is 8.00. The SMILES string of the molecule is Cc1c([N+](=O)[O-])cc(CC(NC(=O)OC(C)(C)C)C(=O)O)c(O)c1Br. The first-order chi connectivity index (χ1) is 11.3. The Bertz CT molecular complexity index is 713. The highest BCUT2D eigenvalue weighted by atomic mass is 79.9. The summed E-state index contributed by atoms with van der Waals surface area (Å²) < 4.78 is 5.09. The molecular formula is C15H19BrN2O7. The van der Waals surface area contributed by atoms with Crippen molar-refractivity contribution < 1.29 is 29.5 Å². The third kappa shape index (κ3) is 5.59. The highest BCUT2D eigenvalue weighted by Crippen LogP contribution is 2.37. The van der Waals surface area contributed by atoms with Gasteiger partial charge in [-0.15, -0.1) is 0 Å². The molecule has 10 heteroatoms. The maximum atomic E-state index is 11.8. The molecule has 0 aliphatic carbocycles. The predicted molar refractivity (Wildman–Crippen MR) is 91.7 cm³/mol. The summed E-state index contributed by atoms with van der Waals surface area (Å²) in [6, 6.07) is -0.350. The van der Waals surface area contributed by atoms with E-state index >= 15 is 0 Å². The van der Waals surface area contributed by atoms with Crippen molar-refractivity contribution >= 4 is 33.7 Å². The van der Waals surface area contributed by atoms with Crippen LogP contribution in [-0.4, -0.2) is 38.8 Å². The fourth-order valence-corrected chi connectivity index (χ4v) is 2.45. The van der Waals surface area contributed by atoms with Crippen LogP contribution in [0.25, 0.3) is 0 Å². The summed E-state index contributed by atoms with van der Waals surface area (Å²) in [6.45, 7) is 6.30. The Morgan fingerprint density at radius 3 is 2.44 bits per heavy atom. The van der Waals surface area contributed by atoms with Gasteiger partial charge in [0.25, 0.3) is 5.69 Å². The average Bonchev–Trinajstić information content (AvgIpc) is 2.44. The molecule has 0 aliphatic rings. The summed E-state index contributed by atoms with van der Waals surface area (Å²) in [4.78, 5) is 33.6. The minimum Gasteiger partial charge on any atom is -0.506 e. The Hall–Kier alpha value is -2.36. The molecular weight excluding hydrogens is 400 g/mol. The molecule has 0 spiro atoms. The number of carboxylic acids is 1. The number of hydrogen-bond donors (Lipinski definition) is 3. The van der Waals surface area contributed by atoms with Crippen molar-refractivity contribution in [1.29, 1.82) is 0 Å². The number of nitro groups is 1. The lowest BCUT2D eigenvalue weighted by Crippen LogP contribution is -2.44. The molecule has 1 atom stereocenters. The topological polar surface area (TPSA) is 139 Å². The molecule has 0 radical (unpaired) electrons. The minimum atomic E-state index is -1.44. The van der Waals surface area contributed by atoms with Gasteiger partial charge in [0.05, 0.1) is 9.40 Å². The van der Waals surface area contributed by atoms with E-state index in [2.05, 4.69) is 21.2 Å². The molecule has 0 fully saturated rings. The smallest absolute Gasteiger partial charge is 0.408 e. The number of carbonyl (C=O) groups is 2. The summed E-state index contributed by atoms with van der Waals surface area (Å²) in [5.41, 5.74) is -0.882. The normalized spacial score (nSPS) is 12.4. The fourth-order valence-electron chi connectivity index (χ4n) is 1.99. The average molecular weight is 419 g/mol. The van der Waals surface area contributed by atoms with Crippen LogP contribution in [0.15, 0.2) is 10.5 Å². The van der Waals surface area contributed by atoms with Crippen molar-refractivity contribution in [2.24, 2.45) is 0 Å². The van der Waals surface area contributed by atoms with E-state index in [1.165, 1.54) is 6.92 Å². The zero-order chi connectivity index (χ0) is 19.5. The van der Waals surface area contributed by atoms with Gasteiger partial charge < -0.3 is 20.3 Å². The van der Waals surface area contributed by atoms with Crippen molar-refractivity contribution in [1.82, 2.24) is 5.32 Å². The molecule has 1 rings (SSSR count). The maximum Gasteiger partial charge on any atom is 0.408 e. The largest absolute Gasteiger partial charge is 0.506 e. The van der Waals surface area contributed by atoms with Gasteiger partial charge in [-0.25, -0.2) is 9.59 Å². The van der Waals surface area contributed by atoms with E-state index in [9.17, 15) is 29.9 Å². The molecule has 1 aromatic rings. The van der Waals surface area contributed by atoms with Crippen molar-refractivity contribution in [3.05, 3.63) is 31.8 Å². The highest BCUT2D eigenvalue weighted by Gasteiger charge is 2.28. The predicted octanol–water partition coefficient (Wildman–Crippen LogP) is 2.89. The van der Waals surface area contributed by atoms with Gasteiger partial charge in [-0.05, 0) is 43.6 Å². The Morgan fingerprint density at radius 1 is 1.44 bits per heavy atom. The summed E-state index contributed by atoms with van der Waals surface area (Å²) in [7, 11) is 0. The van der Waals surface area contributed by atoms with E-state index in [1.54, 1.807) is 20.8 Å². The van der Waals surface area contributed by atoms with Crippen molar-refractivity contribution in [3.8, 4) is 5.75 Å². The number of phenolic OH excluding ortho intramolecular Hbond substituents is 1. The van der Waals surface area contributed by atoms with Crippen LogP contribution in [0.3, 0.4) is 0 Å². The summed E-state index contributed by atoms with van der Waals surface area (Å²) >= 11 is 3.05. The van der Waals surface area contributed by atoms with Gasteiger partial charge in [0.15, 0.2) is 0 Å². The van der Waals surface area contributed by atoms with E-state index in [0.29, 0.717) is 0 Å². The lowest BCUT2D eigenvalue weighted by molar-refractivity contribution is -0.385. The number of rotatable bonds is 5. The fraction of sp³-hybridized carbons (Fsp3) is 0.467. The zero-order valence-corrected chi connectivity index (χ0v) is 15.7. The number of nitrogens with one attached hydrogen (secondary N) is 1. The molecule has 0 saturated heterocycles. The number of alkyl carbamates (subject to hydrolysis) is 1. The van der Waals surface area contributed by atoms with Gasteiger partial charge in [0.2, 0.25) is 0 Å². The van der Waals surface area contributed by atoms with Crippen LogP contribution in [0.5, 0.6) is 5.75 Å². The first-order valence-electron chi connectivity index (χ1n) is 7.21. The number of nitrogens with zero attached hydrogens (tertiary/aromatic N) is 1. The third-order valence-electron chi connectivity index (χ3n) is 3.15. The standard InChI is InChI=1S/C15H19BrN2O7/c1-7-10(18(23)24)6-8(12(19)11(7)16)5-9(13(20)21)17-14(22)25-15(2,3)4/h6,9,19H,5H2,1-4H3,(H,17,22)(H,20,21). The number of benzene rings is 1. The molecule has 1 aromatic carbocycles. The summed E-state index contributed by atoms with van der Waals surface area (Å²) in [6.07, 6.45) is -1.31. The lowest BCUT2D eigenvalue weighted by atomic mass is 10.0. The third-order valence-corrected chi connectivity index (χ3v) is 4.12. The van der Waals surface area contributed by atoms with Crippen LogP contribution in [0, 0.1) is 17.0 Å². The van der Waals surface area contributed by atoms with Crippen LogP contribution >= 0.6 is 15.9 Å². The Balaban J connectivity index is 3.13. The van der Waals surface area contributed by atoms with Crippen LogP contribution in [0.2, 0.25) is 0 Å². The van der Waals surface area contributed by atoms with Crippen molar-refractivity contribution in [3.63, 3.8) is 0 Å². The first kappa shape index (κ1) is 20.7. The van der Waals surface area contributed by atoms with Gasteiger partial charge in [0, 0.05) is 23.6 Å². The zero-order valence-electron chi connectivity index (χ0n) is 14.1. The second-order valence-electron chi connectivity index (χ2n) is 6.34. The quantitative estimate of drug-likeness (QED) is 0.493. The number of carbonyl (C=O) groups excluding carboxylic acids is 1. The monoisotopic (exact) mass is 418 g/mol. The molecule has 9 nitrogen and oxygen atoms in total. The lowest BCUT2D eigenvalue weighted by Gasteiger charge is -2.22. The molecule has 25 heavy (non-hydrogen) atoms. The van der Waals surface area contributed by atoms with E-state index in [-0.39, 0.29) is 33.5 Å². The number of ether oxygens (including phenoxy) is 1. The molecule has 0 bridgehead atoms. The maximum absolute atomic E-state index is 11.8. The molecule has 0 aliphatic heterocycles. The molecule has 0 aromatic heterocycles. The van der Waals surface area contributed by atoms with Crippen LogP contribution in [0.1, 0.15) is 31.9 Å². The highest BCUT2D eigenvalue weighted by molar-refractivity contribution is 9.10. The number of phenols is 1. The molecule has 0 heterocycles. The summed E-state index contributed by atoms with van der Waals surface area (Å²) in [5, 5.41) is 32.7. The number of amides is 1. The van der Waals surface area contributed by atoms with E-state index < -0.39 is 28.6 Å². The van der Waals surface area contributed by atoms with E-state index in [0.717, 1.165) is 6.07 Å². The Kier molecular flexibility index (Phi) is 6.36. The molecule has 1 unspecified atom stereocenters. The van der Waals surface area contributed by atoms with E-state index in [4.69, 9.17) is 4.74 Å². The van der Waals surface area contributed by atoms with Crippen LogP contribution in [-0.2, 0) is 16.0 Å². The van der Waals surface area contributed by atoms with Crippen molar-refractivity contribution in [2.45, 2.75) is 45.8 Å². The Morgan fingerprint density at radius 2 is 2.00 bits per heavy atom. The molecule has 138 valence electrons. The number of aromatic hydroxyl groups is 1. The number of hydrogen-bond acceptors (Lipinski definition) is 6. The van der Waals surface area contributed by atoms with Gasteiger partial charge in [-0.2, -0.15) is 0 Å². The van der Waals surface area contributed by atoms with E-state index in [1.807, 2.05) is 0 Å². The van der Waals surface area contributed by atoms with Gasteiger partial charge >= 0.3 is 12.1 Å². The minimum absolute atomic E-state index is 0.00707. The van der Waals surface area contributed by atoms with Crippen LogP contribution < -0.4 is 5.32 Å². The van der Waals surface area contributed by atoms with Gasteiger partial charge in [-0.1, -0.05) is 0 Å². The summed E-state index contributed by atoms with van der Waals surface area (Å²) in [5.74, 6) is -1.69. The number of halogens is 1. The molecule has 1 amide bonds. The molecule has 3 N–H and O–H groups in total. The Labute approximate surface area is 152 Å². The second kappa shape index (κ2) is 7.68. The number of carboxylic acid groups (broad SMARTS) is 1.